The van der Waals surface area contributed by atoms with Crippen LogP contribution in [0.25, 0.3) is 11.1 Å². The highest BCUT2D eigenvalue weighted by atomic mass is 32.1. The molecule has 0 aliphatic rings. The van der Waals surface area contributed by atoms with Gasteiger partial charge in [0.1, 0.15) is 5.01 Å². The van der Waals surface area contributed by atoms with E-state index in [0.29, 0.717) is 30.6 Å². The SMILES string of the molecule is Cc1csc(CN(C)C(=O)c2cccc(C(=O)N[C@@H](Cc3ccccc3)[C@H](O)CNCc3cccc(-c4ccccc4)c3)c2)n1. The third kappa shape index (κ3) is 8.95. The molecule has 0 saturated carbocycles. The molecule has 8 heteroatoms. The second-order valence-corrected chi connectivity index (χ2v) is 12.1. The topological polar surface area (TPSA) is 94.6 Å². The van der Waals surface area contributed by atoms with Crippen molar-refractivity contribution in [1.82, 2.24) is 20.5 Å². The Kier molecular flexibility index (Phi) is 10.9. The second-order valence-electron chi connectivity index (χ2n) is 11.2. The van der Waals surface area contributed by atoms with E-state index in [9.17, 15) is 14.7 Å². The zero-order chi connectivity index (χ0) is 31.6. The summed E-state index contributed by atoms with van der Waals surface area (Å²) in [5, 5.41) is 20.5. The van der Waals surface area contributed by atoms with E-state index in [1.165, 1.54) is 11.3 Å². The Balaban J connectivity index is 1.24. The maximum absolute atomic E-state index is 13.5. The molecule has 5 rings (SSSR count). The van der Waals surface area contributed by atoms with Crippen LogP contribution in [0.5, 0.6) is 0 Å². The highest BCUT2D eigenvalue weighted by molar-refractivity contribution is 7.09. The minimum Gasteiger partial charge on any atom is -0.390 e. The van der Waals surface area contributed by atoms with Gasteiger partial charge in [-0.3, -0.25) is 9.59 Å². The first-order valence-corrected chi connectivity index (χ1v) is 15.9. The monoisotopic (exact) mass is 618 g/mol. The number of carbonyl (C=O) groups excluding carboxylic acids is 2. The Morgan fingerprint density at radius 2 is 1.51 bits per heavy atom. The van der Waals surface area contributed by atoms with E-state index in [1.807, 2.05) is 66.9 Å². The standard InChI is InChI=1S/C37H38N4O3S/c1-26-25-45-35(39-26)24-41(2)37(44)32-18-10-17-31(21-32)36(43)40-33(20-27-11-5-3-6-12-27)34(42)23-38-22-28-13-9-16-30(19-28)29-14-7-4-8-15-29/h3-19,21,25,33-34,38,42H,20,22-24H2,1-2H3,(H,40,43)/t33-,34+/m0/s1. The third-order valence-corrected chi connectivity index (χ3v) is 8.50. The lowest BCUT2D eigenvalue weighted by Gasteiger charge is -2.25. The van der Waals surface area contributed by atoms with Crippen molar-refractivity contribution in [2.24, 2.45) is 0 Å². The third-order valence-electron chi connectivity index (χ3n) is 7.55. The number of aryl methyl sites for hydroxylation is 1. The molecule has 0 unspecified atom stereocenters. The van der Waals surface area contributed by atoms with E-state index in [1.54, 1.807) is 36.2 Å². The van der Waals surface area contributed by atoms with E-state index >= 15 is 0 Å². The number of thiazole rings is 1. The summed E-state index contributed by atoms with van der Waals surface area (Å²) in [4.78, 5) is 32.7. The maximum Gasteiger partial charge on any atom is 0.253 e. The molecule has 0 spiro atoms. The number of hydrogen-bond acceptors (Lipinski definition) is 6. The largest absolute Gasteiger partial charge is 0.390 e. The van der Waals surface area contributed by atoms with Gasteiger partial charge in [0.2, 0.25) is 0 Å². The van der Waals surface area contributed by atoms with E-state index in [4.69, 9.17) is 0 Å². The lowest BCUT2D eigenvalue weighted by atomic mass is 10.00. The summed E-state index contributed by atoms with van der Waals surface area (Å²) in [6.45, 7) is 3.17. The van der Waals surface area contributed by atoms with Crippen LogP contribution in [0.3, 0.4) is 0 Å². The van der Waals surface area contributed by atoms with Crippen LogP contribution < -0.4 is 10.6 Å². The van der Waals surface area contributed by atoms with Crippen molar-refractivity contribution in [3.05, 3.63) is 148 Å². The predicted octanol–water partition coefficient (Wildman–Crippen LogP) is 5.88. The number of nitrogens with one attached hydrogen (secondary N) is 2. The van der Waals surface area contributed by atoms with Crippen molar-refractivity contribution >= 4 is 23.2 Å². The van der Waals surface area contributed by atoms with Crippen LogP contribution in [-0.4, -0.2) is 52.5 Å². The van der Waals surface area contributed by atoms with E-state index < -0.39 is 12.1 Å². The zero-order valence-corrected chi connectivity index (χ0v) is 26.3. The van der Waals surface area contributed by atoms with Crippen molar-refractivity contribution in [3.63, 3.8) is 0 Å². The number of aliphatic hydroxyl groups excluding tert-OH is 1. The van der Waals surface area contributed by atoms with Crippen LogP contribution >= 0.6 is 11.3 Å². The fourth-order valence-corrected chi connectivity index (χ4v) is 5.99. The second kappa shape index (κ2) is 15.4. The van der Waals surface area contributed by atoms with Gasteiger partial charge in [-0.15, -0.1) is 11.3 Å². The van der Waals surface area contributed by atoms with E-state index in [0.717, 1.165) is 33.0 Å². The molecule has 0 aliphatic carbocycles. The number of aliphatic hydroxyl groups is 1. The molecular weight excluding hydrogens is 580 g/mol. The number of amides is 2. The van der Waals surface area contributed by atoms with Crippen LogP contribution in [0.4, 0.5) is 0 Å². The molecule has 0 saturated heterocycles. The van der Waals surface area contributed by atoms with E-state index in [2.05, 4.69) is 45.9 Å². The summed E-state index contributed by atoms with van der Waals surface area (Å²) in [6.07, 6.45) is -0.405. The molecule has 2 atom stereocenters. The molecule has 0 bridgehead atoms. The van der Waals surface area contributed by atoms with Gasteiger partial charge in [-0.2, -0.15) is 0 Å². The van der Waals surface area contributed by atoms with Gasteiger partial charge in [-0.1, -0.05) is 84.9 Å². The molecule has 45 heavy (non-hydrogen) atoms. The molecule has 230 valence electrons. The normalized spacial score (nSPS) is 12.3. The molecule has 5 aromatic rings. The first-order chi connectivity index (χ1) is 21.9. The number of hydrogen-bond donors (Lipinski definition) is 3. The number of aromatic nitrogens is 1. The molecule has 7 nitrogen and oxygen atoms in total. The first-order valence-electron chi connectivity index (χ1n) is 15.0. The maximum atomic E-state index is 13.5. The van der Waals surface area contributed by atoms with Crippen LogP contribution in [0.1, 0.15) is 42.5 Å². The summed E-state index contributed by atoms with van der Waals surface area (Å²) < 4.78 is 0. The number of rotatable bonds is 13. The van der Waals surface area contributed by atoms with Gasteiger partial charge in [0.25, 0.3) is 11.8 Å². The molecule has 0 aliphatic heterocycles. The Labute approximate surface area is 268 Å². The number of nitrogens with zero attached hydrogens (tertiary/aromatic N) is 2. The van der Waals surface area contributed by atoms with Gasteiger partial charge in [0.15, 0.2) is 0 Å². The smallest absolute Gasteiger partial charge is 0.253 e. The quantitative estimate of drug-likeness (QED) is 0.153. The summed E-state index contributed by atoms with van der Waals surface area (Å²) >= 11 is 1.51. The average molecular weight is 619 g/mol. The van der Waals surface area contributed by atoms with Crippen LogP contribution in [0.15, 0.2) is 115 Å². The van der Waals surface area contributed by atoms with Gasteiger partial charge >= 0.3 is 0 Å². The summed E-state index contributed by atoms with van der Waals surface area (Å²) in [5.74, 6) is -0.544. The molecule has 2 amide bonds. The lowest BCUT2D eigenvalue weighted by Crippen LogP contribution is -2.48. The molecular formula is C37H38N4O3S. The molecule has 0 fully saturated rings. The predicted molar refractivity (Wildman–Crippen MR) is 180 cm³/mol. The first kappa shape index (κ1) is 31.8. The van der Waals surface area contributed by atoms with Gasteiger partial charge in [-0.05, 0) is 59.9 Å². The highest BCUT2D eigenvalue weighted by Crippen LogP contribution is 2.20. The van der Waals surface area contributed by atoms with Crippen LogP contribution in [-0.2, 0) is 19.5 Å². The van der Waals surface area contributed by atoms with Crippen molar-refractivity contribution in [2.45, 2.75) is 38.6 Å². The Morgan fingerprint density at radius 1 is 0.844 bits per heavy atom. The van der Waals surface area contributed by atoms with Gasteiger partial charge < -0.3 is 20.6 Å². The minimum absolute atomic E-state index is 0.195. The Hall–Kier alpha value is -4.63. The van der Waals surface area contributed by atoms with Gasteiger partial charge in [0, 0.05) is 42.3 Å². The number of benzene rings is 4. The average Bonchev–Trinajstić information content (AvgIpc) is 3.49. The van der Waals surface area contributed by atoms with Crippen molar-refractivity contribution < 1.29 is 14.7 Å². The molecule has 1 aromatic heterocycles. The molecule has 4 aromatic carbocycles. The van der Waals surface area contributed by atoms with Crippen molar-refractivity contribution in [1.29, 1.82) is 0 Å². The Bertz CT molecular complexity index is 1710. The molecule has 1 heterocycles. The minimum atomic E-state index is -0.857. The van der Waals surface area contributed by atoms with Gasteiger partial charge in [0.05, 0.1) is 18.7 Å². The summed E-state index contributed by atoms with van der Waals surface area (Å²) in [6, 6.07) is 34.4. The zero-order valence-electron chi connectivity index (χ0n) is 25.5. The van der Waals surface area contributed by atoms with Crippen LogP contribution in [0.2, 0.25) is 0 Å². The van der Waals surface area contributed by atoms with E-state index in [-0.39, 0.29) is 18.4 Å². The van der Waals surface area contributed by atoms with Crippen molar-refractivity contribution in [3.8, 4) is 11.1 Å². The fourth-order valence-electron chi connectivity index (χ4n) is 5.16. The fraction of sp³-hybridized carbons (Fsp3) is 0.216. The Morgan fingerprint density at radius 3 is 2.24 bits per heavy atom. The van der Waals surface area contributed by atoms with Gasteiger partial charge in [-0.25, -0.2) is 4.98 Å². The summed E-state index contributed by atoms with van der Waals surface area (Å²) in [7, 11) is 1.73. The van der Waals surface area contributed by atoms with Crippen LogP contribution in [0, 0.1) is 6.92 Å². The van der Waals surface area contributed by atoms with Crippen molar-refractivity contribution in [2.75, 3.05) is 13.6 Å². The lowest BCUT2D eigenvalue weighted by molar-refractivity contribution is 0.0784. The molecule has 0 radical (unpaired) electrons. The molecule has 3 N–H and O–H groups in total. The highest BCUT2D eigenvalue weighted by Gasteiger charge is 2.23. The summed E-state index contributed by atoms with van der Waals surface area (Å²) in [5.41, 5.74) is 6.08. The number of carbonyl (C=O) groups is 2.